The molecule has 23 heavy (non-hydrogen) atoms. The molecule has 1 fully saturated rings. The maximum absolute atomic E-state index is 11.8. The highest BCUT2D eigenvalue weighted by Crippen LogP contribution is 2.30. The normalized spacial score (nSPS) is 27.4. The zero-order valence-corrected chi connectivity index (χ0v) is 12.0. The Bertz CT molecular complexity index is 751. The molecule has 2 aromatic heterocycles. The molecule has 3 heterocycles. The summed E-state index contributed by atoms with van der Waals surface area (Å²) in [5.41, 5.74) is -1.27. The fourth-order valence-corrected chi connectivity index (χ4v) is 2.50. The minimum Gasteiger partial charge on any atom is -0.467 e. The summed E-state index contributed by atoms with van der Waals surface area (Å²) in [7, 11) is 0. The second-order valence-corrected chi connectivity index (χ2v) is 5.11. The number of aliphatic hydroxyl groups excluding tert-OH is 2. The van der Waals surface area contributed by atoms with E-state index in [1.165, 1.54) is 12.5 Å². The summed E-state index contributed by atoms with van der Waals surface area (Å²) in [5, 5.41) is 19.8. The van der Waals surface area contributed by atoms with Crippen molar-refractivity contribution in [2.24, 2.45) is 0 Å². The molecule has 0 radical (unpaired) electrons. The molecule has 0 aliphatic carbocycles. The topological polar surface area (TPSA) is 127 Å². The van der Waals surface area contributed by atoms with Gasteiger partial charge >= 0.3 is 5.69 Å². The Morgan fingerprint density at radius 3 is 2.83 bits per heavy atom. The third kappa shape index (κ3) is 3.13. The largest absolute Gasteiger partial charge is 0.467 e. The molecule has 2 aromatic rings. The first-order chi connectivity index (χ1) is 11.1. The number of ether oxygens (including phenoxy) is 2. The summed E-state index contributed by atoms with van der Waals surface area (Å²) >= 11 is 0. The molecular formula is C14H16N2O7. The van der Waals surface area contributed by atoms with Crippen LogP contribution in [0.1, 0.15) is 12.0 Å². The molecule has 0 spiro atoms. The highest BCUT2D eigenvalue weighted by Gasteiger charge is 2.45. The predicted molar refractivity (Wildman–Crippen MR) is 75.6 cm³/mol. The van der Waals surface area contributed by atoms with Crippen LogP contribution in [0.15, 0.2) is 44.7 Å². The lowest BCUT2D eigenvalue weighted by atomic mass is 10.1. The zero-order chi connectivity index (χ0) is 16.4. The zero-order valence-electron chi connectivity index (χ0n) is 12.0. The molecule has 9 nitrogen and oxygen atoms in total. The number of aliphatic hydroxyl groups is 2. The second kappa shape index (κ2) is 6.50. The van der Waals surface area contributed by atoms with E-state index in [1.54, 1.807) is 12.1 Å². The molecule has 0 aromatic carbocycles. The van der Waals surface area contributed by atoms with Gasteiger partial charge in [0.15, 0.2) is 6.23 Å². The number of aromatic amines is 1. The molecule has 0 unspecified atom stereocenters. The van der Waals surface area contributed by atoms with E-state index < -0.39 is 42.4 Å². The number of H-pyrrole nitrogens is 1. The van der Waals surface area contributed by atoms with Crippen molar-refractivity contribution < 1.29 is 24.1 Å². The van der Waals surface area contributed by atoms with E-state index in [0.29, 0.717) is 5.76 Å². The lowest BCUT2D eigenvalue weighted by Crippen LogP contribution is -2.38. The maximum Gasteiger partial charge on any atom is 0.330 e. The van der Waals surface area contributed by atoms with Gasteiger partial charge in [0.1, 0.15) is 30.7 Å². The Balaban J connectivity index is 1.79. The lowest BCUT2D eigenvalue weighted by Gasteiger charge is -2.19. The fraction of sp³-hybridized carbons (Fsp3) is 0.429. The Labute approximate surface area is 129 Å². The van der Waals surface area contributed by atoms with Crippen LogP contribution in [0.5, 0.6) is 0 Å². The van der Waals surface area contributed by atoms with Gasteiger partial charge in [-0.25, -0.2) is 4.79 Å². The molecule has 124 valence electrons. The number of nitrogens with zero attached hydrogens (tertiary/aromatic N) is 1. The van der Waals surface area contributed by atoms with Gasteiger partial charge in [0.25, 0.3) is 5.56 Å². The van der Waals surface area contributed by atoms with Crippen LogP contribution in [0, 0.1) is 0 Å². The summed E-state index contributed by atoms with van der Waals surface area (Å²) in [6, 6.07) is 4.55. The van der Waals surface area contributed by atoms with E-state index in [0.717, 1.165) is 10.6 Å². The van der Waals surface area contributed by atoms with Crippen molar-refractivity contribution in [3.63, 3.8) is 0 Å². The molecule has 0 saturated carbocycles. The van der Waals surface area contributed by atoms with E-state index in [9.17, 15) is 19.8 Å². The summed E-state index contributed by atoms with van der Waals surface area (Å²) in [6.45, 7) is -0.309. The average Bonchev–Trinajstić information content (AvgIpc) is 3.14. The first kappa shape index (κ1) is 15.7. The van der Waals surface area contributed by atoms with Gasteiger partial charge in [-0.15, -0.1) is 0 Å². The van der Waals surface area contributed by atoms with Gasteiger partial charge in [0.2, 0.25) is 0 Å². The number of hydrogen-bond acceptors (Lipinski definition) is 7. The number of hydrogen-bond donors (Lipinski definition) is 3. The first-order valence-corrected chi connectivity index (χ1v) is 7.00. The van der Waals surface area contributed by atoms with Crippen LogP contribution in [-0.4, -0.2) is 44.7 Å². The lowest BCUT2D eigenvalue weighted by molar-refractivity contribution is -0.0686. The molecule has 1 aliphatic heterocycles. The third-order valence-corrected chi connectivity index (χ3v) is 3.61. The molecule has 3 rings (SSSR count). The van der Waals surface area contributed by atoms with E-state index >= 15 is 0 Å². The summed E-state index contributed by atoms with van der Waals surface area (Å²) < 4.78 is 17.2. The molecule has 9 heteroatoms. The molecule has 0 bridgehead atoms. The summed E-state index contributed by atoms with van der Waals surface area (Å²) in [4.78, 5) is 25.0. The van der Waals surface area contributed by atoms with Gasteiger partial charge in [-0.3, -0.25) is 14.3 Å². The van der Waals surface area contributed by atoms with Crippen molar-refractivity contribution in [2.45, 2.75) is 31.1 Å². The van der Waals surface area contributed by atoms with E-state index in [-0.39, 0.29) is 6.61 Å². The van der Waals surface area contributed by atoms with Gasteiger partial charge in [0, 0.05) is 12.3 Å². The highest BCUT2D eigenvalue weighted by atomic mass is 16.6. The maximum atomic E-state index is 11.8. The summed E-state index contributed by atoms with van der Waals surface area (Å²) in [5.74, 6) is 0.554. The quantitative estimate of drug-likeness (QED) is 0.641. The van der Waals surface area contributed by atoms with Crippen molar-refractivity contribution in [1.82, 2.24) is 9.55 Å². The van der Waals surface area contributed by atoms with Crippen LogP contribution in [0.25, 0.3) is 0 Å². The van der Waals surface area contributed by atoms with Crippen LogP contribution in [0.2, 0.25) is 0 Å². The van der Waals surface area contributed by atoms with E-state index in [2.05, 4.69) is 4.98 Å². The van der Waals surface area contributed by atoms with Crippen LogP contribution < -0.4 is 11.2 Å². The molecule has 1 aliphatic rings. The van der Waals surface area contributed by atoms with Crippen molar-refractivity contribution in [2.75, 3.05) is 6.61 Å². The minimum atomic E-state index is -1.20. The monoisotopic (exact) mass is 324 g/mol. The minimum absolute atomic E-state index is 0.0851. The van der Waals surface area contributed by atoms with Crippen LogP contribution in [-0.2, 0) is 16.1 Å². The smallest absolute Gasteiger partial charge is 0.330 e. The number of furan rings is 1. The standard InChI is InChI=1S/C14H16N2O7/c17-6-9-12(22-7-8-2-1-5-21-8)11(19)13(23-9)16-4-3-10(18)15-14(16)20/h1-5,9,11-13,17,19H,6-7H2,(H,15,18,20)/t9-,11-,12-,13-/m1/s1. The molecule has 1 saturated heterocycles. The molecule has 3 N–H and O–H groups in total. The third-order valence-electron chi connectivity index (χ3n) is 3.61. The second-order valence-electron chi connectivity index (χ2n) is 5.11. The Morgan fingerprint density at radius 2 is 2.17 bits per heavy atom. The van der Waals surface area contributed by atoms with Crippen molar-refractivity contribution in [3.05, 3.63) is 57.3 Å². The van der Waals surface area contributed by atoms with E-state index in [4.69, 9.17) is 13.9 Å². The van der Waals surface area contributed by atoms with Crippen molar-refractivity contribution in [3.8, 4) is 0 Å². The fourth-order valence-electron chi connectivity index (χ4n) is 2.50. The van der Waals surface area contributed by atoms with Crippen molar-refractivity contribution >= 4 is 0 Å². The molecule has 4 atom stereocenters. The van der Waals surface area contributed by atoms with Crippen molar-refractivity contribution in [1.29, 1.82) is 0 Å². The molecular weight excluding hydrogens is 308 g/mol. The van der Waals surface area contributed by atoms with Gasteiger partial charge in [0.05, 0.1) is 12.9 Å². The van der Waals surface area contributed by atoms with Crippen LogP contribution >= 0.6 is 0 Å². The SMILES string of the molecule is O=c1ccn([C@@H]2O[C@H](CO)[C@@H](OCc3ccco3)[C@H]2O)c(=O)[nH]1. The van der Waals surface area contributed by atoms with Gasteiger partial charge in [-0.1, -0.05) is 0 Å². The predicted octanol–water partition coefficient (Wildman–Crippen LogP) is -1.03. The Morgan fingerprint density at radius 1 is 1.35 bits per heavy atom. The van der Waals surface area contributed by atoms with E-state index in [1.807, 2.05) is 0 Å². The van der Waals surface area contributed by atoms with Crippen LogP contribution in [0.3, 0.4) is 0 Å². The Kier molecular flexibility index (Phi) is 4.44. The number of aromatic nitrogens is 2. The Hall–Kier alpha value is -2.20. The van der Waals surface area contributed by atoms with Gasteiger partial charge < -0.3 is 24.1 Å². The number of nitrogens with one attached hydrogen (secondary N) is 1. The van der Waals surface area contributed by atoms with Gasteiger partial charge in [-0.05, 0) is 12.1 Å². The highest BCUT2D eigenvalue weighted by molar-refractivity contribution is 4.98. The average molecular weight is 324 g/mol. The van der Waals surface area contributed by atoms with Crippen LogP contribution in [0.4, 0.5) is 0 Å². The summed E-state index contributed by atoms with van der Waals surface area (Å²) in [6.07, 6.45) is -1.23. The first-order valence-electron chi connectivity index (χ1n) is 7.00. The number of rotatable bonds is 5. The molecule has 0 amide bonds. The van der Waals surface area contributed by atoms with Gasteiger partial charge in [-0.2, -0.15) is 0 Å².